The molecule has 2 saturated heterocycles. The molecule has 6 aliphatic heterocycles. The molecule has 462 valence electrons. The fourth-order valence-electron chi connectivity index (χ4n) is 11.3. The first-order valence-corrected chi connectivity index (χ1v) is 28.9. The Hall–Kier alpha value is -8.70. The maximum absolute atomic E-state index is 14.1. The van der Waals surface area contributed by atoms with Crippen LogP contribution in [0, 0.1) is 0 Å². The molecule has 4 amide bonds. The van der Waals surface area contributed by atoms with Gasteiger partial charge in [-0.25, -0.2) is 19.4 Å². The highest BCUT2D eigenvalue weighted by Crippen LogP contribution is 2.46. The van der Waals surface area contributed by atoms with E-state index < -0.39 is 55.3 Å². The van der Waals surface area contributed by atoms with Crippen molar-refractivity contribution in [3.63, 3.8) is 0 Å². The summed E-state index contributed by atoms with van der Waals surface area (Å²) in [5.41, 5.74) is 5.87. The lowest BCUT2D eigenvalue weighted by atomic mass is 10.1. The fourth-order valence-corrected chi connectivity index (χ4v) is 11.3. The van der Waals surface area contributed by atoms with Crippen molar-refractivity contribution < 1.29 is 86.0 Å². The van der Waals surface area contributed by atoms with E-state index in [9.17, 15) is 28.8 Å². The molecular formula is C65H74N4O18. The Morgan fingerprint density at radius 2 is 1.03 bits per heavy atom. The van der Waals surface area contributed by atoms with Crippen molar-refractivity contribution in [2.45, 2.75) is 128 Å². The van der Waals surface area contributed by atoms with E-state index in [-0.39, 0.29) is 85.3 Å². The molecular weight excluding hydrogens is 1120 g/mol. The van der Waals surface area contributed by atoms with Crippen LogP contribution < -0.4 is 28.7 Å². The SMILES string of the molecule is C=CCOC(=O)N1c2cc(OCc3cccc(CC(=O)O)c3)c(OC)cc2C(=O)N2C=C(C)C[C@H]2C1OC1CCCCO1.C=CCOC(=O)N1c2cc(OCc3cccc(CC(=O)OC)c3)c(OC)cc2C(=O)N2C=C(C)C[C@H]2C1OC1CCCCO1. The van der Waals surface area contributed by atoms with Crippen LogP contribution in [0.2, 0.25) is 0 Å². The minimum atomic E-state index is -0.931. The first-order chi connectivity index (χ1) is 42.1. The van der Waals surface area contributed by atoms with Gasteiger partial charge in [0.25, 0.3) is 11.8 Å². The highest BCUT2D eigenvalue weighted by molar-refractivity contribution is 6.07. The number of nitrogens with zero attached hydrogens (tertiary/aromatic N) is 4. The number of hydrogen-bond donors (Lipinski definition) is 1. The summed E-state index contributed by atoms with van der Waals surface area (Å²) in [7, 11) is 4.30. The van der Waals surface area contributed by atoms with E-state index in [0.29, 0.717) is 61.7 Å². The van der Waals surface area contributed by atoms with Gasteiger partial charge in [0, 0.05) is 37.7 Å². The highest BCUT2D eigenvalue weighted by Gasteiger charge is 2.49. The van der Waals surface area contributed by atoms with E-state index in [0.717, 1.165) is 53.5 Å². The Labute approximate surface area is 505 Å². The van der Waals surface area contributed by atoms with E-state index in [4.69, 9.17) is 57.2 Å². The van der Waals surface area contributed by atoms with Gasteiger partial charge in [-0.15, -0.1) is 0 Å². The Morgan fingerprint density at radius 1 is 0.598 bits per heavy atom. The standard InChI is InChI=1S/C33H38N2O9.C32H36N2O9/c1-5-12-42-33(38)35-25-18-28(43-20-23-10-8-9-22(15-23)16-29(36)40-4)27(39-3)17-24(25)31(37)34-19-21(2)14-26(34)32(35)44-30-11-6-7-13-41-30;1-4-11-41-32(38)34-24-17-27(42-19-22-9-7-8-21(14-22)15-28(35)36)26(39-3)16-23(24)30(37)33-18-20(2)13-25(33)31(34)43-29-10-5-6-12-40-29/h5,8-10,15,17-19,26,30,32H,1,6-7,11-14,16,20H2,2-4H3;4,7-9,14,16-18,25,29,31H,1,5-6,10-13,15,19H2,2-3H3,(H,35,36)/t26-,30?,32?;25-,29?,31?/m00/s1. The van der Waals surface area contributed by atoms with Crippen LogP contribution in [-0.2, 0) is 68.8 Å². The normalized spacial score (nSPS) is 21.2. The summed E-state index contributed by atoms with van der Waals surface area (Å²) in [5.74, 6) is -0.710. The number of carboxylic acid groups (broad SMARTS) is 1. The van der Waals surface area contributed by atoms with Gasteiger partial charge in [-0.2, -0.15) is 0 Å². The first-order valence-electron chi connectivity index (χ1n) is 28.9. The van der Waals surface area contributed by atoms with E-state index in [1.807, 2.05) is 44.2 Å². The van der Waals surface area contributed by atoms with Gasteiger partial charge in [-0.1, -0.05) is 85.0 Å². The summed E-state index contributed by atoms with van der Waals surface area (Å²) in [6, 6.07) is 19.8. The molecule has 0 radical (unpaired) electrons. The Balaban J connectivity index is 0.000000208. The van der Waals surface area contributed by atoms with Gasteiger partial charge in [0.1, 0.15) is 26.4 Å². The number of carbonyl (C=O) groups is 6. The monoisotopic (exact) mass is 1200 g/mol. The van der Waals surface area contributed by atoms with Crippen LogP contribution in [0.1, 0.15) is 108 Å². The predicted molar refractivity (Wildman–Crippen MR) is 316 cm³/mol. The van der Waals surface area contributed by atoms with E-state index >= 15 is 0 Å². The third-order valence-corrected chi connectivity index (χ3v) is 15.3. The average molecular weight is 1200 g/mol. The molecule has 22 nitrogen and oxygen atoms in total. The molecule has 87 heavy (non-hydrogen) atoms. The van der Waals surface area contributed by atoms with E-state index in [2.05, 4.69) is 13.2 Å². The van der Waals surface area contributed by atoms with Gasteiger partial charge in [0.2, 0.25) is 0 Å². The Kier molecular flexibility index (Phi) is 21.0. The topological polar surface area (TPSA) is 237 Å². The Morgan fingerprint density at radius 3 is 1.43 bits per heavy atom. The molecule has 22 heteroatoms. The second kappa shape index (κ2) is 29.1. The van der Waals surface area contributed by atoms with Crippen molar-refractivity contribution in [3.8, 4) is 23.0 Å². The van der Waals surface area contributed by atoms with Crippen molar-refractivity contribution in [3.05, 3.63) is 155 Å². The van der Waals surface area contributed by atoms with Crippen LogP contribution in [0.5, 0.6) is 23.0 Å². The van der Waals surface area contributed by atoms with Crippen LogP contribution in [0.15, 0.2) is 122 Å². The summed E-state index contributed by atoms with van der Waals surface area (Å²) < 4.78 is 64.3. The number of anilines is 2. The maximum Gasteiger partial charge on any atom is 0.416 e. The van der Waals surface area contributed by atoms with Crippen LogP contribution >= 0.6 is 0 Å². The molecule has 0 spiro atoms. The van der Waals surface area contributed by atoms with Gasteiger partial charge < -0.3 is 67.0 Å². The van der Waals surface area contributed by atoms with Gasteiger partial charge in [-0.3, -0.25) is 19.2 Å². The second-order valence-electron chi connectivity index (χ2n) is 21.6. The number of carbonyl (C=O) groups excluding carboxylic acids is 5. The zero-order valence-corrected chi connectivity index (χ0v) is 49.6. The van der Waals surface area contributed by atoms with Gasteiger partial charge in [-0.05, 0) is 99.6 Å². The van der Waals surface area contributed by atoms with E-state index in [1.54, 1.807) is 64.7 Å². The second-order valence-corrected chi connectivity index (χ2v) is 21.6. The number of ether oxygens (including phenoxy) is 11. The molecule has 1 N–H and O–H groups in total. The van der Waals surface area contributed by atoms with Crippen molar-refractivity contribution in [2.75, 3.05) is 57.6 Å². The molecule has 6 aliphatic rings. The smallest absolute Gasteiger partial charge is 0.416 e. The molecule has 0 bridgehead atoms. The molecule has 6 atom stereocenters. The third-order valence-electron chi connectivity index (χ3n) is 15.3. The number of esters is 1. The molecule has 2 fully saturated rings. The average Bonchev–Trinajstić information content (AvgIpc) is 1.67. The lowest BCUT2D eigenvalue weighted by Crippen LogP contribution is -2.53. The summed E-state index contributed by atoms with van der Waals surface area (Å²) in [5, 5.41) is 9.17. The summed E-state index contributed by atoms with van der Waals surface area (Å²) in [6.45, 7) is 12.4. The van der Waals surface area contributed by atoms with Crippen molar-refractivity contribution in [2.24, 2.45) is 0 Å². The summed E-state index contributed by atoms with van der Waals surface area (Å²) in [6.07, 6.45) is 8.23. The molecule has 0 aliphatic carbocycles. The first kappa shape index (κ1) is 62.8. The highest BCUT2D eigenvalue weighted by atomic mass is 16.7. The number of rotatable bonds is 20. The van der Waals surface area contributed by atoms with Crippen LogP contribution in [0.4, 0.5) is 21.0 Å². The summed E-state index contributed by atoms with van der Waals surface area (Å²) >= 11 is 0. The van der Waals surface area contributed by atoms with E-state index in [1.165, 1.54) is 43.3 Å². The molecule has 6 heterocycles. The van der Waals surface area contributed by atoms with Crippen LogP contribution in [0.3, 0.4) is 0 Å². The van der Waals surface area contributed by atoms with Crippen LogP contribution in [-0.4, -0.2) is 136 Å². The third kappa shape index (κ3) is 14.9. The molecule has 4 aromatic carbocycles. The molecule has 0 aromatic heterocycles. The minimum absolute atomic E-state index is 0.0294. The van der Waals surface area contributed by atoms with Gasteiger partial charge >= 0.3 is 24.1 Å². The number of fused-ring (bicyclic) bond motifs is 4. The van der Waals surface area contributed by atoms with Gasteiger partial charge in [0.05, 0.1) is 68.8 Å². The zero-order chi connectivity index (χ0) is 61.7. The Bertz CT molecular complexity index is 3280. The number of hydrogen-bond acceptors (Lipinski definition) is 17. The summed E-state index contributed by atoms with van der Waals surface area (Å²) in [4.78, 5) is 84.5. The lowest BCUT2D eigenvalue weighted by molar-refractivity contribution is -0.195. The fraction of sp³-hybridized carbons (Fsp3) is 0.415. The number of carboxylic acids is 1. The van der Waals surface area contributed by atoms with Crippen molar-refractivity contribution >= 4 is 47.3 Å². The molecule has 10 rings (SSSR count). The van der Waals surface area contributed by atoms with Crippen molar-refractivity contribution in [1.82, 2.24) is 9.80 Å². The number of aliphatic carboxylic acids is 1. The van der Waals surface area contributed by atoms with Crippen molar-refractivity contribution in [1.29, 1.82) is 0 Å². The largest absolute Gasteiger partial charge is 0.493 e. The zero-order valence-electron chi connectivity index (χ0n) is 49.6. The quantitative estimate of drug-likeness (QED) is 0.0492. The lowest BCUT2D eigenvalue weighted by Gasteiger charge is -2.38. The number of benzene rings is 4. The van der Waals surface area contributed by atoms with Crippen LogP contribution in [0.25, 0.3) is 0 Å². The number of methoxy groups -OCH3 is 3. The predicted octanol–water partition coefficient (Wildman–Crippen LogP) is 10.2. The minimum Gasteiger partial charge on any atom is -0.493 e. The molecule has 4 unspecified atom stereocenters. The van der Waals surface area contributed by atoms with Gasteiger partial charge in [0.15, 0.2) is 48.0 Å². The molecule has 4 aromatic rings. The number of amides is 4. The molecule has 0 saturated carbocycles. The maximum atomic E-state index is 14.1.